The molecule has 0 spiro atoms. The number of carbonyl (C=O) groups excluding carboxylic acids is 1. The van der Waals surface area contributed by atoms with E-state index < -0.39 is 11.0 Å². The average molecular weight is 284 g/mol. The van der Waals surface area contributed by atoms with Gasteiger partial charge >= 0.3 is 0 Å². The van der Waals surface area contributed by atoms with Crippen molar-refractivity contribution in [3.05, 3.63) is 0 Å². The second kappa shape index (κ2) is 7.41. The molecule has 1 fully saturated rings. The summed E-state index contributed by atoms with van der Waals surface area (Å²) < 4.78 is 5.84. The molecule has 1 aliphatic rings. The number of hydrogen-bond acceptors (Lipinski definition) is 3. The van der Waals surface area contributed by atoms with Crippen LogP contribution in [0.3, 0.4) is 0 Å². The maximum Gasteiger partial charge on any atom is 0.227 e. The highest BCUT2D eigenvalue weighted by atomic mass is 16.5. The first-order valence-electron chi connectivity index (χ1n) is 7.94. The van der Waals surface area contributed by atoms with Gasteiger partial charge in [-0.25, -0.2) is 0 Å². The van der Waals surface area contributed by atoms with Gasteiger partial charge in [0, 0.05) is 18.7 Å². The lowest BCUT2D eigenvalue weighted by molar-refractivity contribution is -0.132. The third-order valence-corrected chi connectivity index (χ3v) is 4.69. The fourth-order valence-corrected chi connectivity index (χ4v) is 2.27. The third-order valence-electron chi connectivity index (χ3n) is 4.69. The van der Waals surface area contributed by atoms with E-state index in [1.807, 2.05) is 27.7 Å². The normalized spacial score (nSPS) is 18.1. The smallest absolute Gasteiger partial charge is 0.227 e. The van der Waals surface area contributed by atoms with Crippen LogP contribution in [-0.4, -0.2) is 30.7 Å². The molecule has 0 atom stereocenters. The Hall–Kier alpha value is -0.610. The van der Waals surface area contributed by atoms with E-state index in [2.05, 4.69) is 5.32 Å². The molecule has 118 valence electrons. The molecule has 0 aromatic carbocycles. The van der Waals surface area contributed by atoms with Gasteiger partial charge in [-0.05, 0) is 47.0 Å². The third kappa shape index (κ3) is 5.06. The number of carbonyl (C=O) groups is 1. The summed E-state index contributed by atoms with van der Waals surface area (Å²) in [5.74, 6) is 0.0164. The van der Waals surface area contributed by atoms with Crippen molar-refractivity contribution in [3.8, 4) is 0 Å². The van der Waals surface area contributed by atoms with Crippen LogP contribution in [0.25, 0.3) is 0 Å². The Morgan fingerprint density at radius 2 is 1.80 bits per heavy atom. The summed E-state index contributed by atoms with van der Waals surface area (Å²) in [5, 5.41) is 2.97. The highest BCUT2D eigenvalue weighted by molar-refractivity contribution is 5.83. The molecule has 1 rings (SSSR count). The summed E-state index contributed by atoms with van der Waals surface area (Å²) in [6.07, 6.45) is 7.63. The van der Waals surface area contributed by atoms with Crippen molar-refractivity contribution in [3.63, 3.8) is 0 Å². The van der Waals surface area contributed by atoms with Gasteiger partial charge in [-0.1, -0.05) is 19.3 Å². The van der Waals surface area contributed by atoms with Crippen LogP contribution in [0.4, 0.5) is 0 Å². The topological polar surface area (TPSA) is 64.4 Å². The molecule has 1 saturated carbocycles. The van der Waals surface area contributed by atoms with Crippen molar-refractivity contribution in [2.24, 2.45) is 11.1 Å². The molecule has 0 aromatic rings. The average Bonchev–Trinajstić information content (AvgIpc) is 2.38. The molecule has 0 aliphatic heterocycles. The van der Waals surface area contributed by atoms with Crippen molar-refractivity contribution in [1.29, 1.82) is 0 Å². The first kappa shape index (κ1) is 17.4. The van der Waals surface area contributed by atoms with Crippen LogP contribution in [0.2, 0.25) is 0 Å². The van der Waals surface area contributed by atoms with Crippen molar-refractivity contribution < 1.29 is 9.53 Å². The molecule has 20 heavy (non-hydrogen) atoms. The minimum absolute atomic E-state index is 0.0164. The zero-order valence-electron chi connectivity index (χ0n) is 13.6. The van der Waals surface area contributed by atoms with Gasteiger partial charge in [-0.2, -0.15) is 0 Å². The lowest BCUT2D eigenvalue weighted by atomic mass is 9.74. The number of rotatable bonds is 7. The largest absolute Gasteiger partial charge is 0.378 e. The quantitative estimate of drug-likeness (QED) is 0.706. The molecule has 0 saturated heterocycles. The summed E-state index contributed by atoms with van der Waals surface area (Å²) in [5.41, 5.74) is 4.95. The Morgan fingerprint density at radius 1 is 1.20 bits per heavy atom. The molecule has 1 aliphatic carbocycles. The Kier molecular flexibility index (Phi) is 6.46. The zero-order valence-corrected chi connectivity index (χ0v) is 13.6. The van der Waals surface area contributed by atoms with E-state index in [-0.39, 0.29) is 5.91 Å². The van der Waals surface area contributed by atoms with Gasteiger partial charge < -0.3 is 15.8 Å². The highest BCUT2D eigenvalue weighted by Crippen LogP contribution is 2.28. The number of amides is 1. The van der Waals surface area contributed by atoms with Crippen LogP contribution in [0.1, 0.15) is 66.2 Å². The number of ether oxygens (including phenoxy) is 1. The molecule has 3 N–H and O–H groups in total. The first-order valence-corrected chi connectivity index (χ1v) is 7.94. The lowest BCUT2D eigenvalue weighted by Gasteiger charge is -2.36. The van der Waals surface area contributed by atoms with Crippen molar-refractivity contribution in [2.75, 3.05) is 13.2 Å². The van der Waals surface area contributed by atoms with Gasteiger partial charge in [0.1, 0.15) is 0 Å². The van der Waals surface area contributed by atoms with Gasteiger partial charge in [-0.3, -0.25) is 4.79 Å². The predicted octanol–water partition coefficient (Wildman–Crippen LogP) is 2.61. The Bertz CT molecular complexity index is 302. The minimum Gasteiger partial charge on any atom is -0.378 e. The molecular weight excluding hydrogens is 252 g/mol. The van der Waals surface area contributed by atoms with Gasteiger partial charge in [0.05, 0.1) is 11.5 Å². The monoisotopic (exact) mass is 284 g/mol. The van der Waals surface area contributed by atoms with E-state index in [9.17, 15) is 4.79 Å². The fraction of sp³-hybridized carbons (Fsp3) is 0.938. The summed E-state index contributed by atoms with van der Waals surface area (Å²) in [6, 6.07) is 0. The Balaban J connectivity index is 2.16. The Labute approximate surface area is 123 Å². The summed E-state index contributed by atoms with van der Waals surface area (Å²) in [6.45, 7) is 8.95. The van der Waals surface area contributed by atoms with E-state index in [1.54, 1.807) is 0 Å². The summed E-state index contributed by atoms with van der Waals surface area (Å²) in [7, 11) is 0. The number of nitrogens with two attached hydrogens (primary N) is 1. The van der Waals surface area contributed by atoms with E-state index >= 15 is 0 Å². The van der Waals surface area contributed by atoms with E-state index in [0.29, 0.717) is 12.6 Å². The SMILES string of the molecule is CC(C)(N)C(C)(C)C(=O)NCCCOC1CCCCC1. The first-order chi connectivity index (χ1) is 9.25. The molecule has 0 aromatic heterocycles. The second-order valence-electron chi connectivity index (χ2n) is 7.09. The van der Waals surface area contributed by atoms with Gasteiger partial charge in [0.15, 0.2) is 0 Å². The van der Waals surface area contributed by atoms with Gasteiger partial charge in [0.2, 0.25) is 5.91 Å². The molecule has 0 radical (unpaired) electrons. The molecule has 4 nitrogen and oxygen atoms in total. The van der Waals surface area contributed by atoms with Crippen molar-refractivity contribution in [2.45, 2.75) is 77.9 Å². The molecular formula is C16H32N2O2. The molecule has 4 heteroatoms. The van der Waals surface area contributed by atoms with E-state index in [4.69, 9.17) is 10.5 Å². The van der Waals surface area contributed by atoms with Crippen molar-refractivity contribution >= 4 is 5.91 Å². The van der Waals surface area contributed by atoms with E-state index in [0.717, 1.165) is 13.0 Å². The van der Waals surface area contributed by atoms with E-state index in [1.165, 1.54) is 32.1 Å². The zero-order chi connectivity index (χ0) is 15.2. The molecule has 1 amide bonds. The van der Waals surface area contributed by atoms with Crippen LogP contribution in [0.15, 0.2) is 0 Å². The van der Waals surface area contributed by atoms with Gasteiger partial charge in [0.25, 0.3) is 0 Å². The van der Waals surface area contributed by atoms with Crippen LogP contribution in [-0.2, 0) is 9.53 Å². The van der Waals surface area contributed by atoms with Gasteiger partial charge in [-0.15, -0.1) is 0 Å². The maximum atomic E-state index is 12.1. The predicted molar refractivity (Wildman–Crippen MR) is 82.5 cm³/mol. The van der Waals surface area contributed by atoms with Crippen LogP contribution in [0, 0.1) is 5.41 Å². The fourth-order valence-electron chi connectivity index (χ4n) is 2.27. The highest BCUT2D eigenvalue weighted by Gasteiger charge is 2.40. The summed E-state index contributed by atoms with van der Waals surface area (Å²) in [4.78, 5) is 12.1. The number of hydrogen-bond donors (Lipinski definition) is 2. The van der Waals surface area contributed by atoms with Crippen LogP contribution < -0.4 is 11.1 Å². The standard InChI is InChI=1S/C16H32N2O2/c1-15(2,16(3,4)17)14(19)18-11-8-12-20-13-9-6-5-7-10-13/h13H,5-12,17H2,1-4H3,(H,18,19). The number of nitrogens with one attached hydrogen (secondary N) is 1. The second-order valence-corrected chi connectivity index (χ2v) is 7.09. The van der Waals surface area contributed by atoms with Crippen LogP contribution in [0.5, 0.6) is 0 Å². The van der Waals surface area contributed by atoms with Crippen molar-refractivity contribution in [1.82, 2.24) is 5.32 Å². The minimum atomic E-state index is -0.572. The lowest BCUT2D eigenvalue weighted by Crippen LogP contribution is -2.55. The molecule has 0 unspecified atom stereocenters. The molecule has 0 heterocycles. The Morgan fingerprint density at radius 3 is 2.35 bits per heavy atom. The maximum absolute atomic E-state index is 12.1. The molecule has 0 bridgehead atoms. The van der Waals surface area contributed by atoms with Crippen LogP contribution >= 0.6 is 0 Å². The summed E-state index contributed by atoms with van der Waals surface area (Å²) >= 11 is 0.